The predicted molar refractivity (Wildman–Crippen MR) is 270 cm³/mol. The monoisotopic (exact) mass is 938 g/mol. The number of amides is 1. The topological polar surface area (TPSA) is 189 Å². The maximum Gasteiger partial charge on any atom is 0.249 e. The van der Waals surface area contributed by atoms with Crippen LogP contribution in [0.4, 0.5) is 0 Å². The van der Waals surface area contributed by atoms with Crippen molar-refractivity contribution in [2.24, 2.45) is 0 Å². The van der Waals surface area contributed by atoms with Crippen molar-refractivity contribution in [2.75, 3.05) is 13.2 Å². The molecule has 1 aliphatic heterocycles. The van der Waals surface area contributed by atoms with E-state index in [2.05, 4.69) is 55.6 Å². The van der Waals surface area contributed by atoms with E-state index in [0.29, 0.717) is 19.3 Å². The highest BCUT2D eigenvalue weighted by atomic mass is 16.7. The van der Waals surface area contributed by atoms with Gasteiger partial charge in [-0.1, -0.05) is 211 Å². The second-order valence-corrected chi connectivity index (χ2v) is 19.3. The molecule has 0 spiro atoms. The Morgan fingerprint density at radius 3 is 1.35 bits per heavy atom. The van der Waals surface area contributed by atoms with Gasteiger partial charge in [-0.05, 0) is 64.2 Å². The van der Waals surface area contributed by atoms with Crippen molar-refractivity contribution < 1.29 is 50.0 Å². The third-order valence-corrected chi connectivity index (χ3v) is 13.2. The molecular formula is C55H103NO10. The van der Waals surface area contributed by atoms with E-state index in [-0.39, 0.29) is 12.8 Å². The molecule has 0 radical (unpaired) electrons. The largest absolute Gasteiger partial charge is 0.394 e. The van der Waals surface area contributed by atoms with Crippen molar-refractivity contribution in [3.8, 4) is 0 Å². The van der Waals surface area contributed by atoms with Gasteiger partial charge in [-0.25, -0.2) is 0 Å². The fourth-order valence-corrected chi connectivity index (χ4v) is 8.65. The highest BCUT2D eigenvalue weighted by Gasteiger charge is 2.44. The number of rotatable bonds is 46. The normalized spacial score (nSPS) is 21.0. The fraction of sp³-hybridized carbons (Fsp3) is 0.873. The number of hydrogen-bond donors (Lipinski definition) is 8. The van der Waals surface area contributed by atoms with Crippen LogP contribution < -0.4 is 5.32 Å². The van der Waals surface area contributed by atoms with Crippen LogP contribution in [0.3, 0.4) is 0 Å². The molecule has 1 aliphatic rings. The minimum Gasteiger partial charge on any atom is -0.394 e. The van der Waals surface area contributed by atoms with Crippen LogP contribution in [0, 0.1) is 0 Å². The standard InChI is InChI=1S/C55H103NO10/c1-3-5-7-9-11-13-15-17-19-21-23-25-27-29-31-33-35-37-39-41-43-48(59)54(64)56-46(45-65-55-53(63)52(62)51(61)49(44-57)66-55)50(60)47(58)42-40-38-36-34-32-30-28-26-24-22-20-18-16-14-12-10-8-6-4-2/h18,20,26,28,34,36,46-53,55,57-63H,3-17,19,21-25,27,29-33,35,37-45H2,1-2H3,(H,56,64)/b20-18+,28-26+,36-34+. The quantitative estimate of drug-likeness (QED) is 0.0215. The van der Waals surface area contributed by atoms with Gasteiger partial charge >= 0.3 is 0 Å². The zero-order chi connectivity index (χ0) is 48.3. The third kappa shape index (κ3) is 33.0. The van der Waals surface area contributed by atoms with Crippen molar-refractivity contribution in [1.29, 1.82) is 0 Å². The smallest absolute Gasteiger partial charge is 0.249 e. The van der Waals surface area contributed by atoms with E-state index >= 15 is 0 Å². The number of nitrogens with one attached hydrogen (secondary N) is 1. The summed E-state index contributed by atoms with van der Waals surface area (Å²) in [4.78, 5) is 13.2. The van der Waals surface area contributed by atoms with Crippen LogP contribution in [0.1, 0.15) is 239 Å². The van der Waals surface area contributed by atoms with Crippen LogP contribution in [0.25, 0.3) is 0 Å². The molecule has 66 heavy (non-hydrogen) atoms. The van der Waals surface area contributed by atoms with Crippen LogP contribution >= 0.6 is 0 Å². The summed E-state index contributed by atoms with van der Waals surface area (Å²) in [6.45, 7) is 3.44. The van der Waals surface area contributed by atoms with Crippen molar-refractivity contribution in [2.45, 2.75) is 294 Å². The van der Waals surface area contributed by atoms with Gasteiger partial charge in [0.05, 0.1) is 25.4 Å². The van der Waals surface area contributed by atoms with E-state index < -0.39 is 74.2 Å². The summed E-state index contributed by atoms with van der Waals surface area (Å²) >= 11 is 0. The molecule has 0 aromatic carbocycles. The highest BCUT2D eigenvalue weighted by molar-refractivity contribution is 5.80. The van der Waals surface area contributed by atoms with Gasteiger partial charge in [0.1, 0.15) is 36.6 Å². The van der Waals surface area contributed by atoms with Gasteiger partial charge in [0.15, 0.2) is 6.29 Å². The second-order valence-electron chi connectivity index (χ2n) is 19.3. The van der Waals surface area contributed by atoms with Gasteiger partial charge in [0, 0.05) is 0 Å². The minimum absolute atomic E-state index is 0.242. The molecule has 0 saturated carbocycles. The molecule has 0 aromatic rings. The number of aliphatic hydroxyl groups excluding tert-OH is 7. The van der Waals surface area contributed by atoms with Crippen molar-refractivity contribution >= 4 is 5.91 Å². The molecule has 0 bridgehead atoms. The van der Waals surface area contributed by atoms with E-state index in [1.165, 1.54) is 148 Å². The number of hydrogen-bond acceptors (Lipinski definition) is 10. The molecule has 0 aromatic heterocycles. The molecule has 1 heterocycles. The zero-order valence-electron chi connectivity index (χ0n) is 42.2. The number of aliphatic hydroxyl groups is 7. The molecule has 1 saturated heterocycles. The summed E-state index contributed by atoms with van der Waals surface area (Å²) in [6.07, 6.45) is 41.9. The first-order valence-corrected chi connectivity index (χ1v) is 27.4. The Labute approximate surface area is 403 Å². The van der Waals surface area contributed by atoms with Gasteiger partial charge < -0.3 is 50.5 Å². The molecule has 11 heteroatoms. The Bertz CT molecular complexity index is 1170. The van der Waals surface area contributed by atoms with Crippen molar-refractivity contribution in [1.82, 2.24) is 5.32 Å². The molecule has 9 atom stereocenters. The fourth-order valence-electron chi connectivity index (χ4n) is 8.65. The Morgan fingerprint density at radius 1 is 0.515 bits per heavy atom. The predicted octanol–water partition coefficient (Wildman–Crippen LogP) is 10.7. The Balaban J connectivity index is 2.39. The van der Waals surface area contributed by atoms with Crippen LogP contribution in [-0.2, 0) is 14.3 Å². The number of carbonyl (C=O) groups is 1. The van der Waals surface area contributed by atoms with Crippen LogP contribution in [-0.4, -0.2) is 110 Å². The first-order valence-electron chi connectivity index (χ1n) is 27.4. The lowest BCUT2D eigenvalue weighted by atomic mass is 9.98. The molecule has 1 amide bonds. The SMILES string of the molecule is CCCCCCCC/C=C/CC/C=C/CC/C=C/CCCC(O)C(O)C(COC1OC(CO)C(O)C(O)C1O)NC(=O)C(O)CCCCCCCCCCCCCCCCCCCCCC. The molecule has 388 valence electrons. The Morgan fingerprint density at radius 2 is 0.909 bits per heavy atom. The summed E-state index contributed by atoms with van der Waals surface area (Å²) < 4.78 is 11.1. The lowest BCUT2D eigenvalue weighted by Crippen LogP contribution is -2.60. The van der Waals surface area contributed by atoms with Gasteiger partial charge in [-0.2, -0.15) is 0 Å². The lowest BCUT2D eigenvalue weighted by molar-refractivity contribution is -0.303. The first-order chi connectivity index (χ1) is 32.2. The molecule has 1 rings (SSSR count). The average molecular weight is 938 g/mol. The van der Waals surface area contributed by atoms with Crippen LogP contribution in [0.2, 0.25) is 0 Å². The maximum atomic E-state index is 13.2. The average Bonchev–Trinajstić information content (AvgIpc) is 3.32. The summed E-state index contributed by atoms with van der Waals surface area (Å²) in [6, 6.07) is -1.19. The number of allylic oxidation sites excluding steroid dienone is 6. The molecule has 1 fully saturated rings. The second kappa shape index (κ2) is 44.5. The van der Waals surface area contributed by atoms with Gasteiger partial charge in [0.2, 0.25) is 5.91 Å². The summed E-state index contributed by atoms with van der Waals surface area (Å²) in [5, 5.41) is 76.0. The number of ether oxygens (including phenoxy) is 2. The van der Waals surface area contributed by atoms with E-state index in [9.17, 15) is 40.5 Å². The number of unbranched alkanes of at least 4 members (excludes halogenated alkanes) is 28. The molecule has 8 N–H and O–H groups in total. The lowest BCUT2D eigenvalue weighted by Gasteiger charge is -2.40. The molecule has 0 aliphatic carbocycles. The van der Waals surface area contributed by atoms with Crippen molar-refractivity contribution in [3.05, 3.63) is 36.5 Å². The van der Waals surface area contributed by atoms with E-state index in [1.54, 1.807) is 0 Å². The maximum absolute atomic E-state index is 13.2. The Kier molecular flexibility index (Phi) is 42.1. The van der Waals surface area contributed by atoms with Crippen LogP contribution in [0.15, 0.2) is 36.5 Å². The van der Waals surface area contributed by atoms with Gasteiger partial charge in [-0.3, -0.25) is 4.79 Å². The van der Waals surface area contributed by atoms with E-state index in [1.807, 2.05) is 0 Å². The van der Waals surface area contributed by atoms with Crippen molar-refractivity contribution in [3.63, 3.8) is 0 Å². The highest BCUT2D eigenvalue weighted by Crippen LogP contribution is 2.23. The minimum atomic E-state index is -1.67. The first kappa shape index (κ1) is 62.3. The third-order valence-electron chi connectivity index (χ3n) is 13.2. The van der Waals surface area contributed by atoms with E-state index in [0.717, 1.165) is 44.9 Å². The summed E-state index contributed by atoms with van der Waals surface area (Å²) in [7, 11) is 0. The van der Waals surface area contributed by atoms with Gasteiger partial charge in [0.25, 0.3) is 0 Å². The molecule has 11 nitrogen and oxygen atoms in total. The summed E-state index contributed by atoms with van der Waals surface area (Å²) in [5.41, 5.74) is 0. The van der Waals surface area contributed by atoms with Crippen LogP contribution in [0.5, 0.6) is 0 Å². The van der Waals surface area contributed by atoms with Gasteiger partial charge in [-0.15, -0.1) is 0 Å². The number of carbonyl (C=O) groups excluding carboxylic acids is 1. The van der Waals surface area contributed by atoms with E-state index in [4.69, 9.17) is 9.47 Å². The zero-order valence-corrected chi connectivity index (χ0v) is 42.2. The Hall–Kier alpha value is -1.67. The molecule has 9 unspecified atom stereocenters. The molecular weight excluding hydrogens is 835 g/mol. The summed E-state index contributed by atoms with van der Waals surface area (Å²) in [5.74, 6) is -0.710.